The highest BCUT2D eigenvalue weighted by Crippen LogP contribution is 2.22. The summed E-state index contributed by atoms with van der Waals surface area (Å²) < 4.78 is 5.21. The molecule has 0 saturated heterocycles. The number of rotatable bonds is 5. The number of nitrogens with zero attached hydrogens (tertiary/aromatic N) is 1. The summed E-state index contributed by atoms with van der Waals surface area (Å²) in [5, 5.41) is 6.03. The molecule has 2 aromatic rings. The number of amides is 1. The topological polar surface area (TPSA) is 63.2 Å². The number of pyridine rings is 1. The molecule has 0 unspecified atom stereocenters. The van der Waals surface area contributed by atoms with Gasteiger partial charge >= 0.3 is 0 Å². The van der Waals surface area contributed by atoms with Gasteiger partial charge < -0.3 is 15.4 Å². The van der Waals surface area contributed by atoms with Crippen molar-refractivity contribution in [2.45, 2.75) is 13.8 Å². The maximum absolute atomic E-state index is 12.4. The Balaban J connectivity index is 2.20. The highest BCUT2D eigenvalue weighted by Gasteiger charge is 2.12. The number of aromatic nitrogens is 1. The van der Waals surface area contributed by atoms with E-state index in [1.165, 1.54) is 0 Å². The molecule has 5 nitrogen and oxygen atoms in total. The largest absolute Gasteiger partial charge is 0.496 e. The Bertz CT molecular complexity index is 641. The van der Waals surface area contributed by atoms with Gasteiger partial charge in [0.25, 0.3) is 5.91 Å². The normalized spacial score (nSPS) is 10.0. The van der Waals surface area contributed by atoms with Crippen molar-refractivity contribution in [1.82, 2.24) is 4.98 Å². The lowest BCUT2D eigenvalue weighted by Gasteiger charge is -2.12. The predicted octanol–water partition coefficient (Wildman–Crippen LogP) is 3.08. The van der Waals surface area contributed by atoms with Crippen molar-refractivity contribution in [2.24, 2.45) is 0 Å². The zero-order valence-corrected chi connectivity index (χ0v) is 12.4. The van der Waals surface area contributed by atoms with Crippen molar-refractivity contribution in [2.75, 3.05) is 24.3 Å². The number of carbonyl (C=O) groups is 1. The minimum Gasteiger partial charge on any atom is -0.496 e. The van der Waals surface area contributed by atoms with E-state index in [0.29, 0.717) is 5.56 Å². The van der Waals surface area contributed by atoms with Crippen molar-refractivity contribution in [3.63, 3.8) is 0 Å². The molecule has 0 radical (unpaired) electrons. The molecular weight excluding hydrogens is 266 g/mol. The van der Waals surface area contributed by atoms with Crippen LogP contribution in [0.4, 0.5) is 11.4 Å². The summed E-state index contributed by atoms with van der Waals surface area (Å²) in [6, 6.07) is 7.31. The van der Waals surface area contributed by atoms with E-state index in [4.69, 9.17) is 4.74 Å². The molecule has 0 bridgehead atoms. The SMILES string of the molecule is CCNc1ccncc1C(=O)Nc1ccc(OC)c(C)c1. The Morgan fingerprint density at radius 2 is 2.14 bits per heavy atom. The van der Waals surface area contributed by atoms with E-state index in [2.05, 4.69) is 15.6 Å². The quantitative estimate of drug-likeness (QED) is 0.886. The Hall–Kier alpha value is -2.56. The van der Waals surface area contributed by atoms with Crippen LogP contribution in [-0.2, 0) is 0 Å². The monoisotopic (exact) mass is 285 g/mol. The number of aryl methyl sites for hydroxylation is 1. The van der Waals surface area contributed by atoms with Crippen LogP contribution < -0.4 is 15.4 Å². The molecule has 0 atom stereocenters. The van der Waals surface area contributed by atoms with Crippen LogP contribution in [0.25, 0.3) is 0 Å². The second kappa shape index (κ2) is 6.74. The van der Waals surface area contributed by atoms with Gasteiger partial charge in [0.1, 0.15) is 5.75 Å². The lowest BCUT2D eigenvalue weighted by Crippen LogP contribution is -2.15. The van der Waals surface area contributed by atoms with Crippen molar-refractivity contribution in [3.05, 3.63) is 47.8 Å². The summed E-state index contributed by atoms with van der Waals surface area (Å²) >= 11 is 0. The zero-order valence-electron chi connectivity index (χ0n) is 12.4. The fourth-order valence-corrected chi connectivity index (χ4v) is 2.07. The molecule has 0 saturated carbocycles. The first-order valence-electron chi connectivity index (χ1n) is 6.79. The molecule has 1 aromatic heterocycles. The zero-order chi connectivity index (χ0) is 15.2. The minimum atomic E-state index is -0.191. The average molecular weight is 285 g/mol. The fraction of sp³-hybridized carbons (Fsp3) is 0.250. The van der Waals surface area contributed by atoms with E-state index in [9.17, 15) is 4.79 Å². The molecule has 0 aliphatic rings. The van der Waals surface area contributed by atoms with Crippen LogP contribution >= 0.6 is 0 Å². The number of carbonyl (C=O) groups excluding carboxylic acids is 1. The first-order chi connectivity index (χ1) is 10.2. The van der Waals surface area contributed by atoms with Gasteiger partial charge in [-0.3, -0.25) is 9.78 Å². The van der Waals surface area contributed by atoms with Gasteiger partial charge in [-0.25, -0.2) is 0 Å². The molecule has 110 valence electrons. The number of benzene rings is 1. The lowest BCUT2D eigenvalue weighted by atomic mass is 10.1. The molecule has 1 aromatic carbocycles. The maximum atomic E-state index is 12.4. The van der Waals surface area contributed by atoms with Gasteiger partial charge in [-0.05, 0) is 43.7 Å². The molecule has 0 spiro atoms. The maximum Gasteiger partial charge on any atom is 0.259 e. The summed E-state index contributed by atoms with van der Waals surface area (Å²) in [6.07, 6.45) is 3.22. The highest BCUT2D eigenvalue weighted by molar-refractivity contribution is 6.07. The van der Waals surface area contributed by atoms with Crippen molar-refractivity contribution < 1.29 is 9.53 Å². The van der Waals surface area contributed by atoms with E-state index in [-0.39, 0.29) is 5.91 Å². The Morgan fingerprint density at radius 1 is 1.33 bits per heavy atom. The van der Waals surface area contributed by atoms with E-state index in [1.807, 2.05) is 32.0 Å². The molecule has 0 aliphatic carbocycles. The summed E-state index contributed by atoms with van der Waals surface area (Å²) in [4.78, 5) is 16.4. The highest BCUT2D eigenvalue weighted by atomic mass is 16.5. The van der Waals surface area contributed by atoms with E-state index in [0.717, 1.165) is 29.2 Å². The summed E-state index contributed by atoms with van der Waals surface area (Å²) in [7, 11) is 1.62. The third kappa shape index (κ3) is 3.51. The van der Waals surface area contributed by atoms with Gasteiger partial charge in [0.05, 0.1) is 18.4 Å². The van der Waals surface area contributed by atoms with Crippen LogP contribution in [0, 0.1) is 6.92 Å². The first-order valence-corrected chi connectivity index (χ1v) is 6.79. The third-order valence-corrected chi connectivity index (χ3v) is 3.09. The standard InChI is InChI=1S/C16H19N3O2/c1-4-18-14-7-8-17-10-13(14)16(20)19-12-5-6-15(21-3)11(2)9-12/h5-10H,4H2,1-3H3,(H,17,18)(H,19,20). The number of methoxy groups -OCH3 is 1. The number of nitrogens with one attached hydrogen (secondary N) is 2. The summed E-state index contributed by atoms with van der Waals surface area (Å²) in [5.41, 5.74) is 2.99. The molecule has 0 aliphatic heterocycles. The number of hydrogen-bond donors (Lipinski definition) is 2. The van der Waals surface area contributed by atoms with Gasteiger partial charge in [0.2, 0.25) is 0 Å². The number of ether oxygens (including phenoxy) is 1. The fourth-order valence-electron chi connectivity index (χ4n) is 2.07. The minimum absolute atomic E-state index is 0.191. The van der Waals surface area contributed by atoms with Crippen LogP contribution in [0.5, 0.6) is 5.75 Å². The number of hydrogen-bond acceptors (Lipinski definition) is 4. The van der Waals surface area contributed by atoms with Crippen LogP contribution in [0.15, 0.2) is 36.7 Å². The van der Waals surface area contributed by atoms with Crippen molar-refractivity contribution >= 4 is 17.3 Å². The predicted molar refractivity (Wildman–Crippen MR) is 84.1 cm³/mol. The molecule has 5 heteroatoms. The Morgan fingerprint density at radius 3 is 2.81 bits per heavy atom. The Kier molecular flexibility index (Phi) is 4.77. The van der Waals surface area contributed by atoms with Crippen LogP contribution in [-0.4, -0.2) is 24.5 Å². The van der Waals surface area contributed by atoms with Gasteiger partial charge in [-0.2, -0.15) is 0 Å². The molecule has 0 fully saturated rings. The van der Waals surface area contributed by atoms with Crippen molar-refractivity contribution in [3.8, 4) is 5.75 Å². The molecule has 2 rings (SSSR count). The molecule has 21 heavy (non-hydrogen) atoms. The van der Waals surface area contributed by atoms with E-state index >= 15 is 0 Å². The van der Waals surface area contributed by atoms with E-state index in [1.54, 1.807) is 25.6 Å². The second-order valence-corrected chi connectivity index (χ2v) is 4.59. The molecule has 1 heterocycles. The second-order valence-electron chi connectivity index (χ2n) is 4.59. The van der Waals surface area contributed by atoms with Crippen LogP contribution in [0.3, 0.4) is 0 Å². The summed E-state index contributed by atoms with van der Waals surface area (Å²) in [6.45, 7) is 4.66. The van der Waals surface area contributed by atoms with E-state index < -0.39 is 0 Å². The average Bonchev–Trinajstić information content (AvgIpc) is 2.48. The first kappa shape index (κ1) is 14.8. The van der Waals surface area contributed by atoms with Gasteiger partial charge in [-0.1, -0.05) is 0 Å². The van der Waals surface area contributed by atoms with Gasteiger partial charge in [0.15, 0.2) is 0 Å². The van der Waals surface area contributed by atoms with Crippen molar-refractivity contribution in [1.29, 1.82) is 0 Å². The third-order valence-electron chi connectivity index (χ3n) is 3.09. The smallest absolute Gasteiger partial charge is 0.259 e. The van der Waals surface area contributed by atoms with Crippen LogP contribution in [0.1, 0.15) is 22.8 Å². The Labute approximate surface area is 124 Å². The lowest BCUT2D eigenvalue weighted by molar-refractivity contribution is 0.102. The number of anilines is 2. The van der Waals surface area contributed by atoms with Gasteiger partial charge in [0, 0.05) is 24.6 Å². The molecule has 1 amide bonds. The molecular formula is C16H19N3O2. The van der Waals surface area contributed by atoms with Gasteiger partial charge in [-0.15, -0.1) is 0 Å². The van der Waals surface area contributed by atoms with Crippen LogP contribution in [0.2, 0.25) is 0 Å². The summed E-state index contributed by atoms with van der Waals surface area (Å²) in [5.74, 6) is 0.603. The molecule has 2 N–H and O–H groups in total.